The molecule has 0 aliphatic carbocycles. The molecule has 238 valence electrons. The second-order valence-electron chi connectivity index (χ2n) is 12.9. The number of hydrogen-bond donors (Lipinski definition) is 0. The molecule has 0 bridgehead atoms. The molecule has 0 amide bonds. The SMILES string of the molecule is CCCCCCCCCCCC/C=[C](/[C@H](CCCCCCCC)OC(C)=O)[Sn]([CH2]CCC)([CH2]CCC)[CH2]CCC. The van der Waals surface area contributed by atoms with Crippen molar-refractivity contribution in [2.75, 3.05) is 0 Å². The van der Waals surface area contributed by atoms with Crippen LogP contribution in [-0.4, -0.2) is 30.5 Å². The van der Waals surface area contributed by atoms with Crippen molar-refractivity contribution < 1.29 is 9.53 Å². The van der Waals surface area contributed by atoms with E-state index in [0.29, 0.717) is 0 Å². The van der Waals surface area contributed by atoms with Crippen LogP contribution in [0.2, 0.25) is 13.3 Å². The van der Waals surface area contributed by atoms with Gasteiger partial charge in [0, 0.05) is 0 Å². The van der Waals surface area contributed by atoms with Gasteiger partial charge in [0.05, 0.1) is 0 Å². The van der Waals surface area contributed by atoms with Crippen LogP contribution in [0.15, 0.2) is 9.67 Å². The van der Waals surface area contributed by atoms with E-state index in [4.69, 9.17) is 4.74 Å². The minimum absolute atomic E-state index is 0.0631. The van der Waals surface area contributed by atoms with Crippen LogP contribution in [0.25, 0.3) is 0 Å². The summed E-state index contributed by atoms with van der Waals surface area (Å²) in [4.78, 5) is 12.4. The van der Waals surface area contributed by atoms with Gasteiger partial charge in [0.2, 0.25) is 0 Å². The second-order valence-corrected chi connectivity index (χ2v) is 26.1. The number of esters is 1. The quantitative estimate of drug-likeness (QED) is 0.0432. The van der Waals surface area contributed by atoms with Crippen molar-refractivity contribution >= 4 is 24.3 Å². The van der Waals surface area contributed by atoms with Gasteiger partial charge in [-0.3, -0.25) is 0 Å². The number of ether oxygens (including phenoxy) is 1. The maximum atomic E-state index is 12.4. The molecule has 0 N–H and O–H groups in total. The van der Waals surface area contributed by atoms with Gasteiger partial charge in [0.15, 0.2) is 0 Å². The molecule has 0 aromatic heterocycles. The third kappa shape index (κ3) is 20.8. The van der Waals surface area contributed by atoms with E-state index in [0.717, 1.165) is 6.42 Å². The van der Waals surface area contributed by atoms with Gasteiger partial charge in [0.25, 0.3) is 0 Å². The minimum atomic E-state index is -2.69. The Kier molecular flexibility index (Phi) is 29.1. The summed E-state index contributed by atoms with van der Waals surface area (Å²) in [5.74, 6) is -0.0671. The maximum absolute atomic E-state index is 12.4. The summed E-state index contributed by atoms with van der Waals surface area (Å²) in [6.07, 6.45) is 34.7. The van der Waals surface area contributed by atoms with Crippen molar-refractivity contribution in [3.05, 3.63) is 9.67 Å². The van der Waals surface area contributed by atoms with Gasteiger partial charge in [-0.2, -0.15) is 0 Å². The van der Waals surface area contributed by atoms with Crippen LogP contribution in [0.3, 0.4) is 0 Å². The van der Waals surface area contributed by atoms with Crippen LogP contribution in [0.5, 0.6) is 0 Å². The molecule has 0 aliphatic heterocycles. The Morgan fingerprint density at radius 1 is 0.550 bits per heavy atom. The molecular formula is C37H74O2Sn. The molecule has 0 saturated carbocycles. The van der Waals surface area contributed by atoms with E-state index in [2.05, 4.69) is 40.7 Å². The molecule has 0 radical (unpaired) electrons. The first-order chi connectivity index (χ1) is 19.5. The molecule has 0 fully saturated rings. The average molecular weight is 670 g/mol. The van der Waals surface area contributed by atoms with Crippen molar-refractivity contribution in [2.24, 2.45) is 0 Å². The third-order valence-corrected chi connectivity index (χ3v) is 25.3. The molecule has 0 rings (SSSR count). The van der Waals surface area contributed by atoms with Gasteiger partial charge in [0.1, 0.15) is 0 Å². The van der Waals surface area contributed by atoms with E-state index in [-0.39, 0.29) is 12.1 Å². The molecule has 0 unspecified atom stereocenters. The van der Waals surface area contributed by atoms with E-state index >= 15 is 0 Å². The second kappa shape index (κ2) is 29.1. The molecule has 0 spiro atoms. The van der Waals surface area contributed by atoms with Crippen LogP contribution in [0.4, 0.5) is 0 Å². The molecular weight excluding hydrogens is 595 g/mol. The fourth-order valence-electron chi connectivity index (χ4n) is 6.52. The topological polar surface area (TPSA) is 26.3 Å². The molecule has 0 aliphatic rings. The summed E-state index contributed by atoms with van der Waals surface area (Å²) >= 11 is -2.69. The first-order valence-corrected chi connectivity index (χ1v) is 25.9. The Hall–Kier alpha value is 0.00870. The Bertz CT molecular complexity index is 563. The van der Waals surface area contributed by atoms with E-state index < -0.39 is 18.4 Å². The van der Waals surface area contributed by atoms with E-state index in [9.17, 15) is 4.79 Å². The fourth-order valence-corrected chi connectivity index (χ4v) is 24.1. The molecule has 2 nitrogen and oxygen atoms in total. The first kappa shape index (κ1) is 40.0. The Balaban J connectivity index is 5.63. The van der Waals surface area contributed by atoms with E-state index in [1.165, 1.54) is 161 Å². The zero-order valence-electron chi connectivity index (χ0n) is 28.6. The first-order valence-electron chi connectivity index (χ1n) is 18.4. The fraction of sp³-hybridized carbons (Fsp3) is 0.919. The summed E-state index contributed by atoms with van der Waals surface area (Å²) in [6.45, 7) is 13.3. The van der Waals surface area contributed by atoms with Crippen LogP contribution in [0, 0.1) is 0 Å². The van der Waals surface area contributed by atoms with Gasteiger partial charge in [-0.15, -0.1) is 0 Å². The molecule has 0 heterocycles. The molecule has 0 aromatic carbocycles. The normalized spacial score (nSPS) is 13.1. The summed E-state index contributed by atoms with van der Waals surface area (Å²) in [7, 11) is 0. The standard InChI is InChI=1S/C25H47O2.3C4H9.Sn/c1-4-6-8-10-12-13-14-15-16-17-19-21-23-25(27-24(3)26)22-20-18-11-9-7-5-2;3*1-3-4-2;/h21,25H,4-20,22H2,1-3H3;3*1,3-4H2,2H3;/t25-;;;;/m0..../s1. The number of rotatable bonds is 30. The summed E-state index contributed by atoms with van der Waals surface area (Å²) in [5, 5.41) is 0. The molecule has 3 heteroatoms. The van der Waals surface area contributed by atoms with Crippen molar-refractivity contribution in [1.29, 1.82) is 0 Å². The Morgan fingerprint density at radius 3 is 1.32 bits per heavy atom. The zero-order chi connectivity index (χ0) is 29.7. The van der Waals surface area contributed by atoms with Crippen molar-refractivity contribution in [3.8, 4) is 0 Å². The third-order valence-electron chi connectivity index (χ3n) is 9.04. The van der Waals surface area contributed by atoms with E-state index in [1.54, 1.807) is 10.5 Å². The molecule has 1 atom stereocenters. The Morgan fingerprint density at radius 2 is 0.925 bits per heavy atom. The number of carbonyl (C=O) groups excluding carboxylic acids is 1. The number of unbranched alkanes of at least 4 members (excludes halogenated alkanes) is 18. The summed E-state index contributed by atoms with van der Waals surface area (Å²) < 4.78 is 12.4. The molecule has 40 heavy (non-hydrogen) atoms. The van der Waals surface area contributed by atoms with Gasteiger partial charge in [-0.05, 0) is 0 Å². The van der Waals surface area contributed by atoms with Crippen LogP contribution in [0.1, 0.15) is 196 Å². The zero-order valence-corrected chi connectivity index (χ0v) is 31.4. The average Bonchev–Trinajstić information content (AvgIpc) is 2.95. The molecule has 0 aromatic rings. The Labute approximate surface area is 257 Å². The van der Waals surface area contributed by atoms with Crippen molar-refractivity contribution in [3.63, 3.8) is 0 Å². The van der Waals surface area contributed by atoms with Gasteiger partial charge in [-0.1, -0.05) is 13.3 Å². The van der Waals surface area contributed by atoms with Crippen LogP contribution in [-0.2, 0) is 9.53 Å². The number of carbonyl (C=O) groups is 1. The summed E-state index contributed by atoms with van der Waals surface area (Å²) in [6, 6.07) is 0. The van der Waals surface area contributed by atoms with Gasteiger partial charge < -0.3 is 0 Å². The number of hydrogen-bond acceptors (Lipinski definition) is 2. The van der Waals surface area contributed by atoms with E-state index in [1.807, 2.05) is 0 Å². The summed E-state index contributed by atoms with van der Waals surface area (Å²) in [5.41, 5.74) is 0. The van der Waals surface area contributed by atoms with Gasteiger partial charge >= 0.3 is 245 Å². The van der Waals surface area contributed by atoms with Crippen LogP contribution >= 0.6 is 0 Å². The van der Waals surface area contributed by atoms with Crippen molar-refractivity contribution in [2.45, 2.75) is 215 Å². The number of allylic oxidation sites excluding steroid dienone is 1. The van der Waals surface area contributed by atoms with Crippen LogP contribution < -0.4 is 0 Å². The monoisotopic (exact) mass is 670 g/mol. The van der Waals surface area contributed by atoms with Crippen molar-refractivity contribution in [1.82, 2.24) is 0 Å². The van der Waals surface area contributed by atoms with Gasteiger partial charge in [-0.25, -0.2) is 0 Å². The molecule has 0 saturated heterocycles. The predicted octanol–water partition coefficient (Wildman–Crippen LogP) is 13.3. The predicted molar refractivity (Wildman–Crippen MR) is 183 cm³/mol.